The van der Waals surface area contributed by atoms with E-state index in [1.807, 2.05) is 0 Å². The van der Waals surface area contributed by atoms with Gasteiger partial charge in [-0.25, -0.2) is 4.18 Å². The Morgan fingerprint density at radius 3 is 2.44 bits per heavy atom. The first-order chi connectivity index (χ1) is 8.83. The molecule has 6 nitrogen and oxygen atoms in total. The van der Waals surface area contributed by atoms with Crippen molar-refractivity contribution in [2.75, 3.05) is 6.61 Å². The second kappa shape index (κ2) is 6.81. The van der Waals surface area contributed by atoms with Gasteiger partial charge in [0.25, 0.3) is 0 Å². The van der Waals surface area contributed by atoms with Crippen molar-refractivity contribution in [3.63, 3.8) is 0 Å². The molecule has 0 saturated carbocycles. The average Bonchev–Trinajstić information content (AvgIpc) is 2.35. The number of hydrogen-bond donors (Lipinski definition) is 3. The summed E-state index contributed by atoms with van der Waals surface area (Å²) < 4.78 is 41.4. The van der Waals surface area contributed by atoms with Gasteiger partial charge in [0.1, 0.15) is 6.10 Å². The van der Waals surface area contributed by atoms with Crippen molar-refractivity contribution in [3.05, 3.63) is 35.9 Å². The summed E-state index contributed by atoms with van der Waals surface area (Å²) in [4.78, 5) is 0. The van der Waals surface area contributed by atoms with E-state index in [2.05, 4.69) is 4.18 Å². The van der Waals surface area contributed by atoms with Gasteiger partial charge in [-0.05, 0) is 18.4 Å². The standard InChI is InChI=1S/C11H16O6S/c12-8-11(17-18(14,15)16)10(13)7-6-9-4-2-1-3-5-9/h1-5,10-13H,6-8H2,(H,14,15,16)/t10-,11+/m0/s1/i7D/t7?,10-,11+. The van der Waals surface area contributed by atoms with Crippen molar-refractivity contribution >= 4 is 10.4 Å². The van der Waals surface area contributed by atoms with E-state index in [9.17, 15) is 13.5 Å². The van der Waals surface area contributed by atoms with Gasteiger partial charge >= 0.3 is 10.4 Å². The Balaban J connectivity index is 2.66. The first-order valence-corrected chi connectivity index (χ1v) is 6.61. The number of aliphatic hydroxyl groups excluding tert-OH is 2. The van der Waals surface area contributed by atoms with Crippen molar-refractivity contribution in [1.82, 2.24) is 0 Å². The minimum Gasteiger partial charge on any atom is -0.394 e. The first kappa shape index (κ1) is 13.4. The maximum atomic E-state index is 10.5. The molecular formula is C11H16O6S. The number of rotatable bonds is 7. The summed E-state index contributed by atoms with van der Waals surface area (Å²) in [5, 5.41) is 18.7. The van der Waals surface area contributed by atoms with Crippen LogP contribution in [0.4, 0.5) is 0 Å². The Labute approximate surface area is 107 Å². The smallest absolute Gasteiger partial charge is 0.394 e. The molecule has 3 atom stereocenters. The fourth-order valence-corrected chi connectivity index (χ4v) is 1.86. The van der Waals surface area contributed by atoms with Crippen LogP contribution in [-0.4, -0.2) is 42.0 Å². The number of hydrogen-bond acceptors (Lipinski definition) is 5. The van der Waals surface area contributed by atoms with Gasteiger partial charge in [-0.2, -0.15) is 8.42 Å². The SMILES string of the molecule is [2H]C(Cc1ccccc1)[C@H](O)[C@@H](CO)OS(=O)(=O)O. The van der Waals surface area contributed by atoms with Crippen LogP contribution in [0.15, 0.2) is 30.3 Å². The molecule has 0 aliphatic heterocycles. The lowest BCUT2D eigenvalue weighted by atomic mass is 10.0. The second-order valence-corrected chi connectivity index (χ2v) is 4.71. The summed E-state index contributed by atoms with van der Waals surface area (Å²) in [6.07, 6.45) is -4.05. The molecule has 0 aliphatic rings. The van der Waals surface area contributed by atoms with Crippen LogP contribution in [0.25, 0.3) is 0 Å². The number of aliphatic hydroxyl groups is 2. The number of benzene rings is 1. The Hall–Kier alpha value is -0.990. The predicted octanol–water partition coefficient (Wildman–Crippen LogP) is 0.160. The molecule has 0 spiro atoms. The highest BCUT2D eigenvalue weighted by molar-refractivity contribution is 7.80. The molecule has 0 aliphatic carbocycles. The minimum atomic E-state index is -4.79. The third kappa shape index (κ3) is 5.56. The Morgan fingerprint density at radius 1 is 1.33 bits per heavy atom. The quantitative estimate of drug-likeness (QED) is 0.613. The maximum Gasteiger partial charge on any atom is 0.397 e. The molecule has 1 unspecified atom stereocenters. The maximum absolute atomic E-state index is 10.5. The molecule has 3 N–H and O–H groups in total. The van der Waals surface area contributed by atoms with Gasteiger partial charge in [-0.3, -0.25) is 4.55 Å². The molecule has 18 heavy (non-hydrogen) atoms. The molecule has 0 fully saturated rings. The van der Waals surface area contributed by atoms with Crippen LogP contribution < -0.4 is 0 Å². The van der Waals surface area contributed by atoms with E-state index in [4.69, 9.17) is 11.0 Å². The molecule has 102 valence electrons. The van der Waals surface area contributed by atoms with E-state index in [1.54, 1.807) is 30.3 Å². The fourth-order valence-electron chi connectivity index (χ4n) is 1.37. The van der Waals surface area contributed by atoms with Crippen molar-refractivity contribution in [2.45, 2.75) is 25.0 Å². The van der Waals surface area contributed by atoms with Crippen LogP contribution >= 0.6 is 0 Å². The van der Waals surface area contributed by atoms with E-state index in [0.717, 1.165) is 5.56 Å². The van der Waals surface area contributed by atoms with Crippen LogP contribution in [-0.2, 0) is 21.0 Å². The molecule has 1 aromatic rings. The zero-order valence-electron chi connectivity index (χ0n) is 10.5. The summed E-state index contributed by atoms with van der Waals surface area (Å²) in [7, 11) is -4.79. The zero-order valence-corrected chi connectivity index (χ0v) is 10.3. The molecule has 0 amide bonds. The molecule has 0 saturated heterocycles. The lowest BCUT2D eigenvalue weighted by Gasteiger charge is -2.19. The summed E-state index contributed by atoms with van der Waals surface area (Å²) in [5.74, 6) is 0. The van der Waals surface area contributed by atoms with Crippen molar-refractivity contribution in [2.24, 2.45) is 0 Å². The van der Waals surface area contributed by atoms with Gasteiger partial charge in [-0.15, -0.1) is 0 Å². The van der Waals surface area contributed by atoms with E-state index < -0.39 is 35.6 Å². The van der Waals surface area contributed by atoms with Gasteiger partial charge in [-0.1, -0.05) is 30.3 Å². The van der Waals surface area contributed by atoms with Crippen molar-refractivity contribution in [3.8, 4) is 0 Å². The first-order valence-electron chi connectivity index (χ1n) is 5.82. The summed E-state index contributed by atoms with van der Waals surface area (Å²) in [6.45, 7) is -0.828. The third-order valence-electron chi connectivity index (χ3n) is 2.24. The highest BCUT2D eigenvalue weighted by atomic mass is 32.3. The molecule has 7 heteroatoms. The summed E-state index contributed by atoms with van der Waals surface area (Å²) >= 11 is 0. The van der Waals surface area contributed by atoms with E-state index in [-0.39, 0.29) is 6.42 Å². The summed E-state index contributed by atoms with van der Waals surface area (Å²) in [5.41, 5.74) is 0.782. The van der Waals surface area contributed by atoms with Crippen LogP contribution in [0.1, 0.15) is 13.3 Å². The summed E-state index contributed by atoms with van der Waals surface area (Å²) in [6, 6.07) is 8.86. The average molecular weight is 277 g/mol. The minimum absolute atomic E-state index is 0.160. The molecule has 1 aromatic carbocycles. The molecule has 0 bridgehead atoms. The van der Waals surface area contributed by atoms with Gasteiger partial charge in [0.2, 0.25) is 0 Å². The van der Waals surface area contributed by atoms with Gasteiger partial charge < -0.3 is 10.2 Å². The topological polar surface area (TPSA) is 104 Å². The molecule has 1 rings (SSSR count). The van der Waals surface area contributed by atoms with E-state index in [1.165, 1.54) is 0 Å². The van der Waals surface area contributed by atoms with E-state index >= 15 is 0 Å². The van der Waals surface area contributed by atoms with Crippen molar-refractivity contribution in [1.29, 1.82) is 0 Å². The predicted molar refractivity (Wildman–Crippen MR) is 64.3 cm³/mol. The monoisotopic (exact) mass is 277 g/mol. The van der Waals surface area contributed by atoms with Gasteiger partial charge in [0.15, 0.2) is 0 Å². The highest BCUT2D eigenvalue weighted by Gasteiger charge is 2.24. The third-order valence-corrected chi connectivity index (χ3v) is 2.73. The highest BCUT2D eigenvalue weighted by Crippen LogP contribution is 2.11. The molecular weight excluding hydrogens is 260 g/mol. The van der Waals surface area contributed by atoms with Crippen LogP contribution in [0, 0.1) is 0 Å². The Bertz CT molecular complexity index is 477. The normalized spacial score (nSPS) is 17.8. The molecule has 0 aromatic heterocycles. The Morgan fingerprint density at radius 2 is 1.94 bits per heavy atom. The molecule has 0 heterocycles. The Kier molecular flexibility index (Phi) is 5.09. The lowest BCUT2D eigenvalue weighted by Crippen LogP contribution is -2.34. The van der Waals surface area contributed by atoms with Crippen LogP contribution in [0.3, 0.4) is 0 Å². The molecule has 0 radical (unpaired) electrons. The number of aryl methyl sites for hydroxylation is 1. The van der Waals surface area contributed by atoms with Gasteiger partial charge in [0.05, 0.1) is 12.7 Å². The zero-order chi connectivity index (χ0) is 14.5. The second-order valence-electron chi connectivity index (χ2n) is 3.66. The largest absolute Gasteiger partial charge is 0.397 e. The van der Waals surface area contributed by atoms with Crippen LogP contribution in [0.2, 0.25) is 0 Å². The fraction of sp³-hybridized carbons (Fsp3) is 0.455. The van der Waals surface area contributed by atoms with Crippen molar-refractivity contribution < 1.29 is 28.7 Å². The van der Waals surface area contributed by atoms with Gasteiger partial charge in [0, 0.05) is 1.37 Å². The van der Waals surface area contributed by atoms with Crippen LogP contribution in [0.5, 0.6) is 0 Å². The van der Waals surface area contributed by atoms with E-state index in [0.29, 0.717) is 0 Å². The lowest BCUT2D eigenvalue weighted by molar-refractivity contribution is -0.00404.